The number of aromatic nitrogens is 1. The molecule has 0 saturated carbocycles. The number of nitrogens with two attached hydrogens (primary N) is 1. The Bertz CT molecular complexity index is 455. The van der Waals surface area contributed by atoms with Crippen LogP contribution >= 0.6 is 11.3 Å². The van der Waals surface area contributed by atoms with Gasteiger partial charge in [-0.25, -0.2) is 4.98 Å². The lowest BCUT2D eigenvalue weighted by molar-refractivity contribution is -0.129. The molecule has 0 aliphatic carbocycles. The summed E-state index contributed by atoms with van der Waals surface area (Å²) < 4.78 is 0. The zero-order valence-electron chi connectivity index (χ0n) is 10.8. The number of nitrogens with zero attached hydrogens (tertiary/aromatic N) is 2. The second kappa shape index (κ2) is 5.63. The summed E-state index contributed by atoms with van der Waals surface area (Å²) in [5, 5.41) is 2.97. The van der Waals surface area contributed by atoms with E-state index in [4.69, 9.17) is 5.73 Å². The van der Waals surface area contributed by atoms with Gasteiger partial charge in [0.2, 0.25) is 5.91 Å². The van der Waals surface area contributed by atoms with Crippen LogP contribution in [0.15, 0.2) is 11.5 Å². The molecular weight excluding hydrogens is 246 g/mol. The first-order valence-corrected chi connectivity index (χ1v) is 7.10. The monoisotopic (exact) mass is 265 g/mol. The Hall–Kier alpha value is -1.20. The third-order valence-corrected chi connectivity index (χ3v) is 4.02. The van der Waals surface area contributed by atoms with Crippen LogP contribution in [0, 0.1) is 6.92 Å². The molecule has 2 atom stereocenters. The summed E-state index contributed by atoms with van der Waals surface area (Å²) in [7, 11) is 0. The Morgan fingerprint density at radius 3 is 3.06 bits per heavy atom. The molecule has 1 aromatic heterocycles. The summed E-state index contributed by atoms with van der Waals surface area (Å²) in [5.74, 6) is 0.0556. The Morgan fingerprint density at radius 1 is 1.67 bits per heavy atom. The lowest BCUT2D eigenvalue weighted by Gasteiger charge is -2.35. The summed E-state index contributed by atoms with van der Waals surface area (Å²) in [4.78, 5) is 18.3. The first kappa shape index (κ1) is 13.2. The number of carbonyl (C=O) groups excluding carboxylic acids is 1. The topological polar surface area (TPSA) is 59.2 Å². The van der Waals surface area contributed by atoms with E-state index in [0.29, 0.717) is 0 Å². The maximum absolute atomic E-state index is 12.1. The molecule has 4 nitrogen and oxygen atoms in total. The lowest BCUT2D eigenvalue weighted by atomic mass is 9.99. The minimum absolute atomic E-state index is 0.0556. The molecule has 1 aliphatic rings. The number of aryl methyl sites for hydroxylation is 1. The van der Waals surface area contributed by atoms with Crippen LogP contribution in [0.3, 0.4) is 0 Å². The number of carbonyl (C=O) groups is 1. The van der Waals surface area contributed by atoms with Crippen molar-refractivity contribution in [3.05, 3.63) is 22.2 Å². The minimum Gasteiger partial charge on any atom is -0.336 e. The van der Waals surface area contributed by atoms with Crippen molar-refractivity contribution in [3.63, 3.8) is 0 Å². The Morgan fingerprint density at radius 2 is 2.44 bits per heavy atom. The summed E-state index contributed by atoms with van der Waals surface area (Å²) in [6.45, 7) is 4.76. The Labute approximate surface area is 112 Å². The fraction of sp³-hybridized carbons (Fsp3) is 0.538. The first-order chi connectivity index (χ1) is 8.56. The van der Waals surface area contributed by atoms with Gasteiger partial charge in [0, 0.05) is 30.1 Å². The second-order valence-electron chi connectivity index (χ2n) is 4.79. The lowest BCUT2D eigenvalue weighted by Crippen LogP contribution is -2.47. The smallest absolute Gasteiger partial charge is 0.246 e. The third kappa shape index (κ3) is 3.17. The molecule has 1 amide bonds. The quantitative estimate of drug-likeness (QED) is 0.830. The zero-order chi connectivity index (χ0) is 13.1. The van der Waals surface area contributed by atoms with Gasteiger partial charge in [-0.05, 0) is 32.8 Å². The van der Waals surface area contributed by atoms with Gasteiger partial charge in [-0.2, -0.15) is 0 Å². The molecule has 0 radical (unpaired) electrons. The van der Waals surface area contributed by atoms with E-state index < -0.39 is 0 Å². The number of rotatable bonds is 2. The molecular formula is C13H19N3OS. The predicted octanol–water partition coefficient (Wildman–Crippen LogP) is 1.80. The predicted molar refractivity (Wildman–Crippen MR) is 74.3 cm³/mol. The van der Waals surface area contributed by atoms with Crippen LogP contribution in [0.2, 0.25) is 0 Å². The average molecular weight is 265 g/mol. The van der Waals surface area contributed by atoms with Gasteiger partial charge in [0.15, 0.2) is 0 Å². The Kier molecular flexibility index (Phi) is 4.14. The summed E-state index contributed by atoms with van der Waals surface area (Å²) in [5.41, 5.74) is 6.74. The molecule has 1 fully saturated rings. The van der Waals surface area contributed by atoms with Crippen molar-refractivity contribution in [1.82, 2.24) is 9.88 Å². The molecule has 2 heterocycles. The molecule has 0 spiro atoms. The van der Waals surface area contributed by atoms with Gasteiger partial charge in [-0.3, -0.25) is 4.79 Å². The molecule has 18 heavy (non-hydrogen) atoms. The fourth-order valence-corrected chi connectivity index (χ4v) is 2.83. The van der Waals surface area contributed by atoms with Crippen molar-refractivity contribution in [2.75, 3.05) is 6.54 Å². The second-order valence-corrected chi connectivity index (χ2v) is 5.85. The van der Waals surface area contributed by atoms with Gasteiger partial charge in [0.1, 0.15) is 0 Å². The molecule has 98 valence electrons. The molecule has 5 heteroatoms. The number of piperidine rings is 1. The number of thiazole rings is 1. The molecule has 0 aromatic carbocycles. The van der Waals surface area contributed by atoms with Crippen molar-refractivity contribution in [1.29, 1.82) is 0 Å². The number of hydrogen-bond donors (Lipinski definition) is 1. The standard InChI is InChI=1S/C13H19N3OS/c1-9-7-11(14)5-6-16(9)13(17)4-3-12-8-18-10(2)15-12/h3-4,8-9,11H,5-7,14H2,1-2H3. The van der Waals surface area contributed by atoms with Crippen molar-refractivity contribution in [3.8, 4) is 0 Å². The van der Waals surface area contributed by atoms with Crippen LogP contribution in [0.4, 0.5) is 0 Å². The van der Waals surface area contributed by atoms with Crippen LogP contribution in [0.25, 0.3) is 6.08 Å². The summed E-state index contributed by atoms with van der Waals surface area (Å²) in [6.07, 6.45) is 5.17. The van der Waals surface area contributed by atoms with E-state index in [1.165, 1.54) is 0 Å². The SMILES string of the molecule is Cc1nc(C=CC(=O)N2CCC(N)CC2C)cs1. The van der Waals surface area contributed by atoms with Crippen molar-refractivity contribution in [2.45, 2.75) is 38.8 Å². The van der Waals surface area contributed by atoms with Crippen molar-refractivity contribution < 1.29 is 4.79 Å². The highest BCUT2D eigenvalue weighted by Crippen LogP contribution is 2.17. The van der Waals surface area contributed by atoms with E-state index in [1.54, 1.807) is 23.5 Å². The average Bonchev–Trinajstić information content (AvgIpc) is 2.72. The van der Waals surface area contributed by atoms with Gasteiger partial charge in [-0.1, -0.05) is 0 Å². The maximum atomic E-state index is 12.1. The summed E-state index contributed by atoms with van der Waals surface area (Å²) in [6, 6.07) is 0.456. The number of likely N-dealkylation sites (tertiary alicyclic amines) is 1. The maximum Gasteiger partial charge on any atom is 0.246 e. The molecule has 0 bridgehead atoms. The largest absolute Gasteiger partial charge is 0.336 e. The normalized spacial score (nSPS) is 24.7. The molecule has 1 aliphatic heterocycles. The van der Waals surface area contributed by atoms with Crippen LogP contribution < -0.4 is 5.73 Å². The molecule has 2 N–H and O–H groups in total. The molecule has 1 aromatic rings. The van der Waals surface area contributed by atoms with Gasteiger partial charge >= 0.3 is 0 Å². The number of amides is 1. The van der Waals surface area contributed by atoms with E-state index in [-0.39, 0.29) is 18.0 Å². The molecule has 1 saturated heterocycles. The van der Waals surface area contributed by atoms with Crippen LogP contribution in [-0.2, 0) is 4.79 Å². The van der Waals surface area contributed by atoms with E-state index >= 15 is 0 Å². The van der Waals surface area contributed by atoms with Crippen molar-refractivity contribution in [2.24, 2.45) is 5.73 Å². The zero-order valence-corrected chi connectivity index (χ0v) is 11.6. The van der Waals surface area contributed by atoms with Crippen LogP contribution in [0.1, 0.15) is 30.5 Å². The van der Waals surface area contributed by atoms with Crippen molar-refractivity contribution >= 4 is 23.3 Å². The first-order valence-electron chi connectivity index (χ1n) is 6.22. The summed E-state index contributed by atoms with van der Waals surface area (Å²) >= 11 is 1.59. The number of hydrogen-bond acceptors (Lipinski definition) is 4. The Balaban J connectivity index is 1.97. The van der Waals surface area contributed by atoms with Gasteiger partial charge in [0.25, 0.3) is 0 Å². The van der Waals surface area contributed by atoms with E-state index in [9.17, 15) is 4.79 Å². The van der Waals surface area contributed by atoms with E-state index in [2.05, 4.69) is 11.9 Å². The van der Waals surface area contributed by atoms with Crippen LogP contribution in [-0.4, -0.2) is 34.4 Å². The van der Waals surface area contributed by atoms with Gasteiger partial charge in [0.05, 0.1) is 10.7 Å². The van der Waals surface area contributed by atoms with Crippen LogP contribution in [0.5, 0.6) is 0 Å². The van der Waals surface area contributed by atoms with E-state index in [0.717, 1.165) is 30.1 Å². The highest BCUT2D eigenvalue weighted by atomic mass is 32.1. The van der Waals surface area contributed by atoms with Gasteiger partial charge in [-0.15, -0.1) is 11.3 Å². The minimum atomic E-state index is 0.0556. The highest BCUT2D eigenvalue weighted by Gasteiger charge is 2.25. The van der Waals surface area contributed by atoms with Gasteiger partial charge < -0.3 is 10.6 Å². The molecule has 2 rings (SSSR count). The third-order valence-electron chi connectivity index (χ3n) is 3.23. The van der Waals surface area contributed by atoms with E-state index in [1.807, 2.05) is 17.2 Å². The highest BCUT2D eigenvalue weighted by molar-refractivity contribution is 7.09. The fourth-order valence-electron chi connectivity index (χ4n) is 2.25. The molecule has 2 unspecified atom stereocenters.